The van der Waals surface area contributed by atoms with Gasteiger partial charge in [-0.05, 0) is 32.1 Å². The molecule has 0 heterocycles. The first-order valence-electron chi connectivity index (χ1n) is 7.55. The van der Waals surface area contributed by atoms with Gasteiger partial charge in [-0.25, -0.2) is 0 Å². The van der Waals surface area contributed by atoms with E-state index in [9.17, 15) is 9.90 Å². The van der Waals surface area contributed by atoms with Crippen LogP contribution in [0.4, 0.5) is 0 Å². The summed E-state index contributed by atoms with van der Waals surface area (Å²) in [7, 11) is 0. The Labute approximate surface area is 122 Å². The minimum absolute atomic E-state index is 0.281. The van der Waals surface area contributed by atoms with Gasteiger partial charge in [0.1, 0.15) is 0 Å². The Morgan fingerprint density at radius 2 is 1.80 bits per heavy atom. The van der Waals surface area contributed by atoms with Gasteiger partial charge in [-0.3, -0.25) is 4.79 Å². The molecule has 114 valence electrons. The molecule has 0 fully saturated rings. The maximum absolute atomic E-state index is 10.3. The molecule has 0 aromatic heterocycles. The number of aliphatic hydroxyl groups is 1. The molecule has 0 rings (SSSR count). The SMILES string of the molecule is CC/C=C\C[C@@H](O)/C=C/C=C\CCCCCCC(=O)O. The summed E-state index contributed by atoms with van der Waals surface area (Å²) in [4.78, 5) is 10.3. The highest BCUT2D eigenvalue weighted by Gasteiger charge is 1.95. The van der Waals surface area contributed by atoms with E-state index >= 15 is 0 Å². The van der Waals surface area contributed by atoms with Crippen molar-refractivity contribution in [2.75, 3.05) is 0 Å². The second kappa shape index (κ2) is 14.1. The zero-order valence-corrected chi connectivity index (χ0v) is 12.5. The summed E-state index contributed by atoms with van der Waals surface area (Å²) < 4.78 is 0. The molecule has 0 saturated carbocycles. The lowest BCUT2D eigenvalue weighted by molar-refractivity contribution is -0.137. The first-order valence-corrected chi connectivity index (χ1v) is 7.55. The van der Waals surface area contributed by atoms with Gasteiger partial charge in [0.05, 0.1) is 6.10 Å². The highest BCUT2D eigenvalue weighted by Crippen LogP contribution is 2.06. The third-order valence-electron chi connectivity index (χ3n) is 2.87. The monoisotopic (exact) mass is 280 g/mol. The molecule has 0 aromatic rings. The molecule has 0 radical (unpaired) electrons. The van der Waals surface area contributed by atoms with Crippen molar-refractivity contribution < 1.29 is 15.0 Å². The van der Waals surface area contributed by atoms with Gasteiger partial charge in [0.2, 0.25) is 0 Å². The van der Waals surface area contributed by atoms with Gasteiger partial charge in [-0.2, -0.15) is 0 Å². The Kier molecular flexibility index (Phi) is 13.1. The Morgan fingerprint density at radius 1 is 1.05 bits per heavy atom. The smallest absolute Gasteiger partial charge is 0.303 e. The van der Waals surface area contributed by atoms with Gasteiger partial charge < -0.3 is 10.2 Å². The highest BCUT2D eigenvalue weighted by atomic mass is 16.4. The molecular formula is C17H28O3. The molecule has 0 aromatic carbocycles. The van der Waals surface area contributed by atoms with Crippen molar-refractivity contribution >= 4 is 5.97 Å². The van der Waals surface area contributed by atoms with E-state index in [1.165, 1.54) is 0 Å². The van der Waals surface area contributed by atoms with Crippen LogP contribution >= 0.6 is 0 Å². The lowest BCUT2D eigenvalue weighted by Crippen LogP contribution is -1.98. The number of hydrogen-bond acceptors (Lipinski definition) is 2. The van der Waals surface area contributed by atoms with E-state index < -0.39 is 12.1 Å². The van der Waals surface area contributed by atoms with E-state index in [0.717, 1.165) is 38.5 Å². The highest BCUT2D eigenvalue weighted by molar-refractivity contribution is 5.66. The van der Waals surface area contributed by atoms with Crippen LogP contribution in [0.1, 0.15) is 58.3 Å². The number of hydrogen-bond donors (Lipinski definition) is 2. The predicted octanol–water partition coefficient (Wildman–Crippen LogP) is 4.24. The lowest BCUT2D eigenvalue weighted by atomic mass is 10.1. The molecule has 0 amide bonds. The summed E-state index contributed by atoms with van der Waals surface area (Å²) in [6.07, 6.45) is 18.2. The summed E-state index contributed by atoms with van der Waals surface area (Å²) >= 11 is 0. The number of carboxylic acid groups (broad SMARTS) is 1. The van der Waals surface area contributed by atoms with E-state index in [1.54, 1.807) is 6.08 Å². The topological polar surface area (TPSA) is 57.5 Å². The molecule has 2 N–H and O–H groups in total. The number of carboxylic acids is 1. The largest absolute Gasteiger partial charge is 0.481 e. The Bertz CT molecular complexity index is 316. The third kappa shape index (κ3) is 14.7. The van der Waals surface area contributed by atoms with Crippen molar-refractivity contribution in [2.45, 2.75) is 64.4 Å². The van der Waals surface area contributed by atoms with E-state index in [-0.39, 0.29) is 6.42 Å². The Hall–Kier alpha value is -1.35. The maximum Gasteiger partial charge on any atom is 0.303 e. The fourth-order valence-corrected chi connectivity index (χ4v) is 1.74. The standard InChI is InChI=1S/C17H28O3/c1-2-3-10-13-16(18)14-11-8-6-4-5-7-9-12-15-17(19)20/h3,6,8,10-11,14,16,18H,2,4-5,7,9,12-13,15H2,1H3,(H,19,20)/b8-6-,10-3-,14-11+/t16-/m1/s1. The lowest BCUT2D eigenvalue weighted by Gasteiger charge is -1.99. The summed E-state index contributed by atoms with van der Waals surface area (Å²) in [6, 6.07) is 0. The third-order valence-corrected chi connectivity index (χ3v) is 2.87. The molecule has 0 aliphatic rings. The van der Waals surface area contributed by atoms with Crippen molar-refractivity contribution in [3.05, 3.63) is 36.5 Å². The molecule has 0 aliphatic carbocycles. The quantitative estimate of drug-likeness (QED) is 0.319. The molecule has 0 spiro atoms. The van der Waals surface area contributed by atoms with Gasteiger partial charge >= 0.3 is 5.97 Å². The van der Waals surface area contributed by atoms with E-state index in [0.29, 0.717) is 6.42 Å². The second-order valence-corrected chi connectivity index (χ2v) is 4.84. The Balaban J connectivity index is 3.46. The fourth-order valence-electron chi connectivity index (χ4n) is 1.74. The maximum atomic E-state index is 10.3. The van der Waals surface area contributed by atoms with Crippen LogP contribution in [0.15, 0.2) is 36.5 Å². The average molecular weight is 280 g/mol. The summed E-state index contributed by atoms with van der Waals surface area (Å²) in [5.41, 5.74) is 0. The minimum atomic E-state index is -0.706. The molecule has 1 atom stereocenters. The van der Waals surface area contributed by atoms with Crippen LogP contribution in [-0.4, -0.2) is 22.3 Å². The average Bonchev–Trinajstić information content (AvgIpc) is 2.41. The zero-order valence-electron chi connectivity index (χ0n) is 12.5. The van der Waals surface area contributed by atoms with Crippen molar-refractivity contribution in [3.63, 3.8) is 0 Å². The zero-order chi connectivity index (χ0) is 15.1. The van der Waals surface area contributed by atoms with Gasteiger partial charge in [0.15, 0.2) is 0 Å². The van der Waals surface area contributed by atoms with Gasteiger partial charge in [-0.1, -0.05) is 56.2 Å². The fraction of sp³-hybridized carbons (Fsp3) is 0.588. The molecule has 3 heteroatoms. The van der Waals surface area contributed by atoms with Crippen molar-refractivity contribution in [1.82, 2.24) is 0 Å². The molecular weight excluding hydrogens is 252 g/mol. The number of rotatable bonds is 12. The van der Waals surface area contributed by atoms with E-state index in [2.05, 4.69) is 19.1 Å². The van der Waals surface area contributed by atoms with Crippen LogP contribution in [0.2, 0.25) is 0 Å². The van der Waals surface area contributed by atoms with Crippen molar-refractivity contribution in [1.29, 1.82) is 0 Å². The number of aliphatic hydroxyl groups excluding tert-OH is 1. The molecule has 0 unspecified atom stereocenters. The molecule has 0 bridgehead atoms. The summed E-state index contributed by atoms with van der Waals surface area (Å²) in [5.74, 6) is -0.706. The van der Waals surface area contributed by atoms with Crippen molar-refractivity contribution in [3.8, 4) is 0 Å². The minimum Gasteiger partial charge on any atom is -0.481 e. The van der Waals surface area contributed by atoms with Crippen LogP contribution in [0.5, 0.6) is 0 Å². The van der Waals surface area contributed by atoms with E-state index in [4.69, 9.17) is 5.11 Å². The van der Waals surface area contributed by atoms with E-state index in [1.807, 2.05) is 18.2 Å². The number of allylic oxidation sites excluding steroid dienone is 4. The number of unbranched alkanes of at least 4 members (excludes halogenated alkanes) is 4. The number of aliphatic carboxylic acids is 1. The predicted molar refractivity (Wildman–Crippen MR) is 83.7 cm³/mol. The van der Waals surface area contributed by atoms with Crippen molar-refractivity contribution in [2.24, 2.45) is 0 Å². The molecule has 20 heavy (non-hydrogen) atoms. The Morgan fingerprint density at radius 3 is 2.50 bits per heavy atom. The molecule has 0 aliphatic heterocycles. The molecule has 0 saturated heterocycles. The van der Waals surface area contributed by atoms with Crippen LogP contribution in [0.25, 0.3) is 0 Å². The van der Waals surface area contributed by atoms with Gasteiger partial charge in [0, 0.05) is 6.42 Å². The second-order valence-electron chi connectivity index (χ2n) is 4.84. The normalized spacial score (nSPS) is 13.7. The molecule has 3 nitrogen and oxygen atoms in total. The van der Waals surface area contributed by atoms with Gasteiger partial charge in [-0.15, -0.1) is 0 Å². The van der Waals surface area contributed by atoms with Crippen LogP contribution in [0, 0.1) is 0 Å². The number of carbonyl (C=O) groups is 1. The first kappa shape index (κ1) is 18.7. The van der Waals surface area contributed by atoms with Crippen LogP contribution < -0.4 is 0 Å². The van der Waals surface area contributed by atoms with Gasteiger partial charge in [0.25, 0.3) is 0 Å². The van der Waals surface area contributed by atoms with Crippen LogP contribution in [0.3, 0.4) is 0 Å². The van der Waals surface area contributed by atoms with Crippen LogP contribution in [-0.2, 0) is 4.79 Å². The summed E-state index contributed by atoms with van der Waals surface area (Å²) in [5, 5.41) is 18.1. The first-order chi connectivity index (χ1) is 9.66. The summed E-state index contributed by atoms with van der Waals surface area (Å²) in [6.45, 7) is 2.07.